The molecule has 1 atom stereocenters. The van der Waals surface area contributed by atoms with Crippen LogP contribution in [0.3, 0.4) is 0 Å². The fraction of sp³-hybridized carbons (Fsp3) is 0.769. The van der Waals surface area contributed by atoms with Crippen LogP contribution in [0.1, 0.15) is 12.8 Å². The number of sulfonamides is 1. The number of nitrogens with zero attached hydrogens (tertiary/aromatic N) is 3. The molecule has 120 valence electrons. The van der Waals surface area contributed by atoms with E-state index in [0.717, 1.165) is 32.5 Å². The summed E-state index contributed by atoms with van der Waals surface area (Å²) in [4.78, 5) is 2.47. The Kier molecular flexibility index (Phi) is 5.74. The van der Waals surface area contributed by atoms with E-state index in [0.29, 0.717) is 19.0 Å². The summed E-state index contributed by atoms with van der Waals surface area (Å²) in [5.41, 5.74) is 0. The molecule has 1 fully saturated rings. The van der Waals surface area contributed by atoms with Gasteiger partial charge in [0.25, 0.3) is 0 Å². The SMILES string of the molecule is CNCCCn1cc(S(=O)(=O)NCC2CCN(C)C2)cn1. The van der Waals surface area contributed by atoms with Crippen LogP contribution in [-0.4, -0.2) is 63.4 Å². The van der Waals surface area contributed by atoms with Crippen molar-refractivity contribution >= 4 is 10.0 Å². The highest BCUT2D eigenvalue weighted by molar-refractivity contribution is 7.89. The molecule has 0 aliphatic carbocycles. The largest absolute Gasteiger partial charge is 0.320 e. The lowest BCUT2D eigenvalue weighted by Gasteiger charge is -2.11. The minimum atomic E-state index is -3.44. The number of aromatic nitrogens is 2. The molecule has 0 spiro atoms. The van der Waals surface area contributed by atoms with Gasteiger partial charge in [0.05, 0.1) is 6.20 Å². The van der Waals surface area contributed by atoms with Crippen molar-refractivity contribution in [2.45, 2.75) is 24.3 Å². The fourth-order valence-electron chi connectivity index (χ4n) is 2.53. The molecule has 7 nitrogen and oxygen atoms in total. The number of hydrogen-bond acceptors (Lipinski definition) is 5. The number of hydrogen-bond donors (Lipinski definition) is 2. The van der Waals surface area contributed by atoms with Gasteiger partial charge in [0.2, 0.25) is 10.0 Å². The van der Waals surface area contributed by atoms with Gasteiger partial charge in [-0.25, -0.2) is 13.1 Å². The normalized spacial score (nSPS) is 20.2. The molecule has 0 amide bonds. The van der Waals surface area contributed by atoms with Crippen LogP contribution in [0.15, 0.2) is 17.3 Å². The third-order valence-electron chi connectivity index (χ3n) is 3.78. The van der Waals surface area contributed by atoms with Gasteiger partial charge in [-0.15, -0.1) is 0 Å². The van der Waals surface area contributed by atoms with Crippen LogP contribution in [0.4, 0.5) is 0 Å². The van der Waals surface area contributed by atoms with E-state index < -0.39 is 10.0 Å². The molecule has 1 aliphatic rings. The van der Waals surface area contributed by atoms with E-state index in [4.69, 9.17) is 0 Å². The van der Waals surface area contributed by atoms with Crippen LogP contribution >= 0.6 is 0 Å². The fourth-order valence-corrected chi connectivity index (χ4v) is 3.60. The van der Waals surface area contributed by atoms with Gasteiger partial charge < -0.3 is 10.2 Å². The van der Waals surface area contributed by atoms with E-state index in [1.807, 2.05) is 7.05 Å². The van der Waals surface area contributed by atoms with Crippen molar-refractivity contribution in [1.29, 1.82) is 0 Å². The minimum Gasteiger partial charge on any atom is -0.320 e. The Labute approximate surface area is 126 Å². The summed E-state index contributed by atoms with van der Waals surface area (Å²) in [6.07, 6.45) is 4.98. The Balaban J connectivity index is 1.87. The van der Waals surface area contributed by atoms with E-state index >= 15 is 0 Å². The van der Waals surface area contributed by atoms with Gasteiger partial charge in [0.15, 0.2) is 0 Å². The maximum atomic E-state index is 12.2. The van der Waals surface area contributed by atoms with Gasteiger partial charge >= 0.3 is 0 Å². The van der Waals surface area contributed by atoms with E-state index in [2.05, 4.69) is 27.1 Å². The highest BCUT2D eigenvalue weighted by Gasteiger charge is 2.23. The second-order valence-electron chi connectivity index (χ2n) is 5.67. The van der Waals surface area contributed by atoms with Crippen molar-refractivity contribution in [2.24, 2.45) is 5.92 Å². The van der Waals surface area contributed by atoms with Gasteiger partial charge in [-0.2, -0.15) is 5.10 Å². The Hall–Kier alpha value is -0.960. The van der Waals surface area contributed by atoms with Gasteiger partial charge in [-0.05, 0) is 45.9 Å². The molecule has 21 heavy (non-hydrogen) atoms. The molecule has 1 aromatic rings. The molecular formula is C13H25N5O2S. The highest BCUT2D eigenvalue weighted by Crippen LogP contribution is 2.14. The molecular weight excluding hydrogens is 290 g/mol. The third kappa shape index (κ3) is 4.77. The zero-order valence-corrected chi connectivity index (χ0v) is 13.6. The van der Waals surface area contributed by atoms with Gasteiger partial charge in [-0.1, -0.05) is 0 Å². The topological polar surface area (TPSA) is 79.3 Å². The van der Waals surface area contributed by atoms with E-state index in [-0.39, 0.29) is 4.90 Å². The van der Waals surface area contributed by atoms with Crippen LogP contribution in [0.5, 0.6) is 0 Å². The first-order valence-corrected chi connectivity index (χ1v) is 8.85. The standard InChI is InChI=1S/C13H25N5O2S/c1-14-5-3-6-18-11-13(9-15-18)21(19,20)16-8-12-4-7-17(2)10-12/h9,11-12,14,16H,3-8,10H2,1-2H3. The predicted octanol–water partition coefficient (Wildman–Crippen LogP) is -0.277. The monoisotopic (exact) mass is 315 g/mol. The second-order valence-corrected chi connectivity index (χ2v) is 7.43. The molecule has 1 unspecified atom stereocenters. The molecule has 8 heteroatoms. The average Bonchev–Trinajstić information content (AvgIpc) is 3.06. The Morgan fingerprint density at radius 2 is 2.29 bits per heavy atom. The first-order chi connectivity index (χ1) is 10.0. The smallest absolute Gasteiger partial charge is 0.243 e. The zero-order valence-electron chi connectivity index (χ0n) is 12.7. The van der Waals surface area contributed by atoms with Crippen molar-refractivity contribution in [3.8, 4) is 0 Å². The lowest BCUT2D eigenvalue weighted by molar-refractivity contribution is 0.394. The summed E-state index contributed by atoms with van der Waals surface area (Å²) in [7, 11) is 0.509. The highest BCUT2D eigenvalue weighted by atomic mass is 32.2. The maximum absolute atomic E-state index is 12.2. The molecule has 2 rings (SSSR count). The van der Waals surface area contributed by atoms with Crippen LogP contribution in [0.25, 0.3) is 0 Å². The molecule has 1 aliphatic heterocycles. The molecule has 0 aromatic carbocycles. The van der Waals surface area contributed by atoms with Crippen LogP contribution in [0, 0.1) is 5.92 Å². The summed E-state index contributed by atoms with van der Waals surface area (Å²) in [6, 6.07) is 0. The van der Waals surface area contributed by atoms with Crippen molar-refractivity contribution in [3.63, 3.8) is 0 Å². The Morgan fingerprint density at radius 3 is 2.95 bits per heavy atom. The summed E-state index contributed by atoms with van der Waals surface area (Å²) in [6.45, 7) is 4.08. The van der Waals surface area contributed by atoms with Crippen molar-refractivity contribution in [3.05, 3.63) is 12.4 Å². The van der Waals surface area contributed by atoms with E-state index in [1.54, 1.807) is 10.9 Å². The molecule has 1 aromatic heterocycles. The third-order valence-corrected chi connectivity index (χ3v) is 5.16. The molecule has 0 bridgehead atoms. The number of likely N-dealkylation sites (tertiary alicyclic amines) is 1. The van der Waals surface area contributed by atoms with Crippen LogP contribution in [-0.2, 0) is 16.6 Å². The Bertz CT molecular complexity index is 543. The Morgan fingerprint density at radius 1 is 1.48 bits per heavy atom. The number of rotatable bonds is 8. The summed E-state index contributed by atoms with van der Waals surface area (Å²) < 4.78 is 28.8. The summed E-state index contributed by atoms with van der Waals surface area (Å²) in [5, 5.41) is 7.16. The van der Waals surface area contributed by atoms with Crippen LogP contribution in [0.2, 0.25) is 0 Å². The van der Waals surface area contributed by atoms with Gasteiger partial charge in [0, 0.05) is 25.8 Å². The number of nitrogens with one attached hydrogen (secondary N) is 2. The summed E-state index contributed by atoms with van der Waals surface area (Å²) >= 11 is 0. The van der Waals surface area contributed by atoms with Gasteiger partial charge in [-0.3, -0.25) is 4.68 Å². The van der Waals surface area contributed by atoms with Crippen LogP contribution < -0.4 is 10.0 Å². The predicted molar refractivity (Wildman–Crippen MR) is 81.6 cm³/mol. The lowest BCUT2D eigenvalue weighted by atomic mass is 10.1. The summed E-state index contributed by atoms with van der Waals surface area (Å²) in [5.74, 6) is 0.399. The quantitative estimate of drug-likeness (QED) is 0.645. The van der Waals surface area contributed by atoms with Crippen molar-refractivity contribution < 1.29 is 8.42 Å². The molecule has 0 saturated carbocycles. The zero-order chi connectivity index (χ0) is 15.3. The average molecular weight is 315 g/mol. The second kappa shape index (κ2) is 7.35. The minimum absolute atomic E-state index is 0.248. The molecule has 2 heterocycles. The van der Waals surface area contributed by atoms with Crippen molar-refractivity contribution in [1.82, 2.24) is 24.7 Å². The van der Waals surface area contributed by atoms with Gasteiger partial charge in [0.1, 0.15) is 4.90 Å². The lowest BCUT2D eigenvalue weighted by Crippen LogP contribution is -2.30. The molecule has 2 N–H and O–H groups in total. The van der Waals surface area contributed by atoms with E-state index in [9.17, 15) is 8.42 Å². The first kappa shape index (κ1) is 16.4. The first-order valence-electron chi connectivity index (χ1n) is 7.36. The number of aryl methyl sites for hydroxylation is 1. The van der Waals surface area contributed by atoms with Crippen molar-refractivity contribution in [2.75, 3.05) is 40.3 Å². The molecule has 0 radical (unpaired) electrons. The van der Waals surface area contributed by atoms with E-state index in [1.165, 1.54) is 6.20 Å². The molecule has 1 saturated heterocycles. The maximum Gasteiger partial charge on any atom is 0.243 e.